The van der Waals surface area contributed by atoms with Crippen molar-refractivity contribution in [3.05, 3.63) is 70.8 Å². The third-order valence-electron chi connectivity index (χ3n) is 4.40. The first-order chi connectivity index (χ1) is 14.3. The second kappa shape index (κ2) is 7.21. The van der Waals surface area contributed by atoms with Crippen molar-refractivity contribution in [3.8, 4) is 11.6 Å². The minimum Gasteiger partial charge on any atom is -0.506 e. The lowest BCUT2D eigenvalue weighted by molar-refractivity contribution is 0.468. The second-order valence-electron chi connectivity index (χ2n) is 6.38. The van der Waals surface area contributed by atoms with Gasteiger partial charge in [0.25, 0.3) is 10.1 Å². The molecule has 0 aliphatic carbocycles. The smallest absolute Gasteiger partial charge is 0.300 e. The number of azo groups is 1. The van der Waals surface area contributed by atoms with Gasteiger partial charge >= 0.3 is 5.56 Å². The number of nitrogens with one attached hydrogen (secondary N) is 1. The summed E-state index contributed by atoms with van der Waals surface area (Å²) in [4.78, 5) is 16.4. The van der Waals surface area contributed by atoms with Gasteiger partial charge < -0.3 is 5.11 Å². The number of aromatic amines is 1. The van der Waals surface area contributed by atoms with Crippen LogP contribution in [0.15, 0.2) is 74.6 Å². The molecule has 4 aromatic rings. The molecular weight excluding hydrogens is 410 g/mol. The monoisotopic (exact) mass is 425 g/mol. The summed E-state index contributed by atoms with van der Waals surface area (Å²) in [6.07, 6.45) is 1.54. The molecule has 0 fully saturated rings. The van der Waals surface area contributed by atoms with E-state index >= 15 is 0 Å². The Labute approximate surface area is 169 Å². The van der Waals surface area contributed by atoms with Crippen molar-refractivity contribution in [1.29, 1.82) is 0 Å². The Kier molecular flexibility index (Phi) is 4.68. The molecule has 0 saturated carbocycles. The maximum Gasteiger partial charge on any atom is 0.300 e. The third kappa shape index (κ3) is 3.36. The number of nitrogens with zero attached hydrogens (tertiary/aromatic N) is 4. The van der Waals surface area contributed by atoms with Gasteiger partial charge in [0, 0.05) is 23.0 Å². The summed E-state index contributed by atoms with van der Waals surface area (Å²) in [5, 5.41) is 21.6. The van der Waals surface area contributed by atoms with Gasteiger partial charge in [-0.15, -0.1) is 10.2 Å². The first-order valence-corrected chi connectivity index (χ1v) is 10.1. The van der Waals surface area contributed by atoms with Crippen LogP contribution in [-0.2, 0) is 10.1 Å². The molecule has 2 aromatic heterocycles. The van der Waals surface area contributed by atoms with E-state index in [1.54, 1.807) is 43.5 Å². The number of fused-ring (bicyclic) bond motifs is 1. The van der Waals surface area contributed by atoms with Crippen molar-refractivity contribution in [2.45, 2.75) is 11.8 Å². The number of aromatic nitrogens is 3. The van der Waals surface area contributed by atoms with Gasteiger partial charge in [-0.2, -0.15) is 13.1 Å². The second-order valence-corrected chi connectivity index (χ2v) is 7.77. The molecule has 152 valence electrons. The van der Waals surface area contributed by atoms with Crippen molar-refractivity contribution in [2.24, 2.45) is 10.2 Å². The van der Waals surface area contributed by atoms with E-state index in [-0.39, 0.29) is 22.1 Å². The van der Waals surface area contributed by atoms with E-state index < -0.39 is 26.3 Å². The molecule has 4 rings (SSSR count). The highest BCUT2D eigenvalue weighted by Crippen LogP contribution is 2.39. The summed E-state index contributed by atoms with van der Waals surface area (Å²) in [6, 6.07) is 12.2. The van der Waals surface area contributed by atoms with E-state index in [0.717, 1.165) is 6.07 Å². The molecule has 0 unspecified atom stereocenters. The molecule has 0 aliphatic rings. The highest BCUT2D eigenvalue weighted by Gasteiger charge is 2.20. The Balaban J connectivity index is 1.86. The number of hydrogen-bond donors (Lipinski definition) is 3. The molecule has 0 spiro atoms. The van der Waals surface area contributed by atoms with Crippen LogP contribution >= 0.6 is 0 Å². The Morgan fingerprint density at radius 1 is 1.03 bits per heavy atom. The fraction of sp³-hybridized carbons (Fsp3) is 0.0526. The molecule has 0 atom stereocenters. The quantitative estimate of drug-likeness (QED) is 0.337. The van der Waals surface area contributed by atoms with Crippen molar-refractivity contribution < 1.29 is 18.1 Å². The van der Waals surface area contributed by atoms with Gasteiger partial charge in [-0.1, -0.05) is 30.3 Å². The number of hydrogen-bond acceptors (Lipinski definition) is 7. The van der Waals surface area contributed by atoms with Crippen LogP contribution in [0.2, 0.25) is 0 Å². The molecule has 2 aromatic carbocycles. The molecule has 0 radical (unpaired) electrons. The number of phenolic OH excluding ortho intramolecular Hbond substituents is 1. The number of benzene rings is 2. The fourth-order valence-electron chi connectivity index (χ4n) is 3.03. The normalized spacial score (nSPS) is 12.1. The number of aryl methyl sites for hydroxylation is 1. The van der Waals surface area contributed by atoms with Gasteiger partial charge in [-0.25, -0.2) is 4.98 Å². The molecular formula is C19H15N5O5S. The van der Waals surface area contributed by atoms with Gasteiger partial charge in [0.2, 0.25) is 0 Å². The highest BCUT2D eigenvalue weighted by atomic mass is 32.2. The molecule has 10 nitrogen and oxygen atoms in total. The molecule has 0 aliphatic heterocycles. The zero-order valence-corrected chi connectivity index (χ0v) is 16.3. The van der Waals surface area contributed by atoms with Crippen molar-refractivity contribution in [1.82, 2.24) is 14.8 Å². The van der Waals surface area contributed by atoms with Gasteiger partial charge in [0.1, 0.15) is 16.3 Å². The average molecular weight is 425 g/mol. The maximum absolute atomic E-state index is 12.7. The van der Waals surface area contributed by atoms with E-state index in [0.29, 0.717) is 11.5 Å². The summed E-state index contributed by atoms with van der Waals surface area (Å²) in [7, 11) is -4.57. The van der Waals surface area contributed by atoms with Crippen LogP contribution in [0.3, 0.4) is 0 Å². The van der Waals surface area contributed by atoms with Gasteiger partial charge in [0.05, 0.1) is 5.69 Å². The molecule has 0 saturated heterocycles. The summed E-state index contributed by atoms with van der Waals surface area (Å²) in [5.74, 6) is -0.138. The lowest BCUT2D eigenvalue weighted by Crippen LogP contribution is -2.15. The van der Waals surface area contributed by atoms with Crippen LogP contribution in [0.25, 0.3) is 16.6 Å². The van der Waals surface area contributed by atoms with E-state index in [9.17, 15) is 22.9 Å². The Bertz CT molecular complexity index is 1460. The predicted molar refractivity (Wildman–Crippen MR) is 109 cm³/mol. The standard InChI is InChI=1S/C19H15N5O5S/c1-11-17(19(26)24(23-11)16-8-4-5-9-20-16)21-22-18-13-7-3-2-6-12(13)15(10-14(18)25)30(27,28)29/h2-10,23,25H,1H3,(H,27,28,29). The number of pyridine rings is 1. The van der Waals surface area contributed by atoms with Crippen LogP contribution in [0, 0.1) is 6.92 Å². The topological polar surface area (TPSA) is 150 Å². The number of rotatable bonds is 4. The zero-order valence-electron chi connectivity index (χ0n) is 15.5. The largest absolute Gasteiger partial charge is 0.506 e. The van der Waals surface area contributed by atoms with Crippen LogP contribution < -0.4 is 5.56 Å². The van der Waals surface area contributed by atoms with Crippen LogP contribution in [0.5, 0.6) is 5.75 Å². The average Bonchev–Trinajstić information content (AvgIpc) is 3.00. The Hall–Kier alpha value is -3.83. The number of H-pyrrole nitrogens is 1. The summed E-state index contributed by atoms with van der Waals surface area (Å²) in [5.41, 5.74) is -0.105. The number of phenols is 1. The predicted octanol–water partition coefficient (Wildman–Crippen LogP) is 3.39. The summed E-state index contributed by atoms with van der Waals surface area (Å²) >= 11 is 0. The molecule has 0 amide bonds. The minimum absolute atomic E-state index is 0.00277. The van der Waals surface area contributed by atoms with Crippen LogP contribution in [0.4, 0.5) is 11.4 Å². The maximum atomic E-state index is 12.7. The lowest BCUT2D eigenvalue weighted by atomic mass is 10.1. The Morgan fingerprint density at radius 3 is 2.37 bits per heavy atom. The minimum atomic E-state index is -4.57. The fourth-order valence-corrected chi connectivity index (χ4v) is 3.75. The summed E-state index contributed by atoms with van der Waals surface area (Å²) < 4.78 is 34.0. The van der Waals surface area contributed by atoms with Crippen LogP contribution in [-0.4, -0.2) is 32.8 Å². The first-order valence-electron chi connectivity index (χ1n) is 8.64. The van der Waals surface area contributed by atoms with E-state index in [4.69, 9.17) is 0 Å². The SMILES string of the molecule is Cc1[nH]n(-c2ccccn2)c(=O)c1N=Nc1c(O)cc(S(=O)(=O)O)c2ccccc12. The molecule has 3 N–H and O–H groups in total. The molecule has 11 heteroatoms. The first kappa shape index (κ1) is 19.5. The van der Waals surface area contributed by atoms with E-state index in [2.05, 4.69) is 20.3 Å². The van der Waals surface area contributed by atoms with E-state index in [1.165, 1.54) is 16.8 Å². The van der Waals surface area contributed by atoms with Crippen molar-refractivity contribution in [3.63, 3.8) is 0 Å². The summed E-state index contributed by atoms with van der Waals surface area (Å²) in [6.45, 7) is 1.63. The number of aromatic hydroxyl groups is 1. The third-order valence-corrected chi connectivity index (χ3v) is 5.30. The zero-order chi connectivity index (χ0) is 21.5. The van der Waals surface area contributed by atoms with E-state index in [1.807, 2.05) is 0 Å². The van der Waals surface area contributed by atoms with Crippen LogP contribution in [0.1, 0.15) is 5.69 Å². The van der Waals surface area contributed by atoms with Crippen molar-refractivity contribution in [2.75, 3.05) is 0 Å². The van der Waals surface area contributed by atoms with Gasteiger partial charge in [-0.3, -0.25) is 14.4 Å². The molecule has 30 heavy (non-hydrogen) atoms. The van der Waals surface area contributed by atoms with Gasteiger partial charge in [0.15, 0.2) is 11.5 Å². The highest BCUT2D eigenvalue weighted by molar-refractivity contribution is 7.86. The molecule has 0 bridgehead atoms. The van der Waals surface area contributed by atoms with Gasteiger partial charge in [-0.05, 0) is 19.1 Å². The molecule has 2 heterocycles. The van der Waals surface area contributed by atoms with Crippen molar-refractivity contribution >= 4 is 32.3 Å². The lowest BCUT2D eigenvalue weighted by Gasteiger charge is -2.08. The Morgan fingerprint density at radius 2 is 1.70 bits per heavy atom.